The van der Waals surface area contributed by atoms with Crippen LogP contribution in [0.2, 0.25) is 0 Å². The van der Waals surface area contributed by atoms with Crippen molar-refractivity contribution in [2.75, 3.05) is 13.7 Å². The van der Waals surface area contributed by atoms with E-state index in [2.05, 4.69) is 32.4 Å². The van der Waals surface area contributed by atoms with Crippen LogP contribution in [0, 0.1) is 18.8 Å². The summed E-state index contributed by atoms with van der Waals surface area (Å²) < 4.78 is 12.1. The summed E-state index contributed by atoms with van der Waals surface area (Å²) in [5.74, 6) is 2.52. The molecule has 5 heterocycles. The lowest BCUT2D eigenvalue weighted by Crippen LogP contribution is -2.41. The Bertz CT molecular complexity index is 1890. The first kappa shape index (κ1) is 25.5. The Hall–Kier alpha value is -4.18. The lowest BCUT2D eigenvalue weighted by Gasteiger charge is -2.27. The highest BCUT2D eigenvalue weighted by Gasteiger charge is 2.47. The largest absolute Gasteiger partial charge is 0.494 e. The maximum atomic E-state index is 13.7. The molecule has 1 amide bonds. The van der Waals surface area contributed by atoms with Crippen LogP contribution in [0.1, 0.15) is 41.7 Å². The van der Waals surface area contributed by atoms with Crippen LogP contribution in [0.4, 0.5) is 0 Å². The second-order valence-electron chi connectivity index (χ2n) is 12.5. The molecule has 3 aliphatic rings. The van der Waals surface area contributed by atoms with Crippen LogP contribution in [0.15, 0.2) is 36.5 Å². The minimum atomic E-state index is 0.00956. The third kappa shape index (κ3) is 3.81. The number of benzene rings is 1. The van der Waals surface area contributed by atoms with Gasteiger partial charge in [0.25, 0.3) is 5.91 Å². The average molecular weight is 565 g/mol. The quantitative estimate of drug-likeness (QED) is 0.330. The standard InChI is InChI=1S/C32H36N8O2/c1-17-22(16-37(2)36-17)23-9-7-19-12-26(39(30(19)34-23)14-18-5-6-18)31-35-24-11-21(13-27(42-4)29(24)38(31)3)32(41)40-15-20-8-10-25(40)28(20)33/h7,9,11-13,16,18,20,25,28H,5-6,8,10,14-15,33H2,1-4H3. The monoisotopic (exact) mass is 564 g/mol. The number of hydrogen-bond acceptors (Lipinski definition) is 6. The Morgan fingerprint density at radius 3 is 2.60 bits per heavy atom. The molecule has 1 aliphatic heterocycles. The number of aromatic nitrogens is 6. The van der Waals surface area contributed by atoms with Gasteiger partial charge < -0.3 is 24.5 Å². The highest BCUT2D eigenvalue weighted by atomic mass is 16.5. The fourth-order valence-corrected chi connectivity index (χ4v) is 7.32. The number of hydrogen-bond donors (Lipinski definition) is 1. The minimum absolute atomic E-state index is 0.00956. The van der Waals surface area contributed by atoms with E-state index >= 15 is 0 Å². The highest BCUT2D eigenvalue weighted by Crippen LogP contribution is 2.40. The maximum Gasteiger partial charge on any atom is 0.254 e. The van der Waals surface area contributed by atoms with Crippen LogP contribution in [0.3, 0.4) is 0 Å². The van der Waals surface area contributed by atoms with Crippen molar-refractivity contribution in [3.8, 4) is 28.5 Å². The van der Waals surface area contributed by atoms with Crippen molar-refractivity contribution in [3.63, 3.8) is 0 Å². The molecule has 3 unspecified atom stereocenters. The molecule has 1 saturated heterocycles. The molecular formula is C32H36N8O2. The molecular weight excluding hydrogens is 528 g/mol. The van der Waals surface area contributed by atoms with Gasteiger partial charge in [0, 0.05) is 62.0 Å². The Kier molecular flexibility index (Phi) is 5.57. The molecule has 3 atom stereocenters. The molecule has 4 aromatic heterocycles. The number of methoxy groups -OCH3 is 1. The number of carbonyl (C=O) groups is 1. The van der Waals surface area contributed by atoms with Gasteiger partial charge in [-0.05, 0) is 74.8 Å². The van der Waals surface area contributed by atoms with Gasteiger partial charge in [-0.15, -0.1) is 0 Å². The molecule has 216 valence electrons. The van der Waals surface area contributed by atoms with Crippen LogP contribution in [-0.2, 0) is 20.6 Å². The summed E-state index contributed by atoms with van der Waals surface area (Å²) >= 11 is 0. The molecule has 8 rings (SSSR count). The highest BCUT2D eigenvalue weighted by molar-refractivity contribution is 6.00. The van der Waals surface area contributed by atoms with Crippen molar-refractivity contribution in [1.82, 2.24) is 33.8 Å². The molecule has 2 N–H and O–H groups in total. The fourth-order valence-electron chi connectivity index (χ4n) is 7.32. The smallest absolute Gasteiger partial charge is 0.254 e. The zero-order valence-corrected chi connectivity index (χ0v) is 24.5. The number of imidazole rings is 1. The average Bonchev–Trinajstić information content (AvgIpc) is 3.17. The summed E-state index contributed by atoms with van der Waals surface area (Å²) in [6.07, 6.45) is 6.56. The van der Waals surface area contributed by atoms with E-state index in [4.69, 9.17) is 20.4 Å². The van der Waals surface area contributed by atoms with E-state index in [0.717, 1.165) is 76.5 Å². The van der Waals surface area contributed by atoms with Crippen molar-refractivity contribution in [3.05, 3.63) is 47.8 Å². The van der Waals surface area contributed by atoms with Gasteiger partial charge in [0.05, 0.1) is 29.7 Å². The molecule has 1 aromatic carbocycles. The van der Waals surface area contributed by atoms with E-state index in [-0.39, 0.29) is 18.0 Å². The first-order valence-electron chi connectivity index (χ1n) is 14.9. The van der Waals surface area contributed by atoms with Crippen molar-refractivity contribution in [2.45, 2.75) is 51.2 Å². The molecule has 42 heavy (non-hydrogen) atoms. The Balaban J connectivity index is 1.25. The van der Waals surface area contributed by atoms with Gasteiger partial charge in [0.2, 0.25) is 0 Å². The van der Waals surface area contributed by atoms with Gasteiger partial charge in [0.1, 0.15) is 16.9 Å². The number of piperidine rings is 1. The first-order valence-corrected chi connectivity index (χ1v) is 14.9. The van der Waals surface area contributed by atoms with Crippen molar-refractivity contribution in [1.29, 1.82) is 0 Å². The lowest BCUT2D eigenvalue weighted by molar-refractivity contribution is 0.0700. The lowest BCUT2D eigenvalue weighted by atomic mass is 10.1. The third-order valence-electron chi connectivity index (χ3n) is 9.72. The minimum Gasteiger partial charge on any atom is -0.494 e. The van der Waals surface area contributed by atoms with Crippen LogP contribution in [-0.4, -0.2) is 65.4 Å². The zero-order valence-electron chi connectivity index (χ0n) is 24.5. The predicted octanol–water partition coefficient (Wildman–Crippen LogP) is 4.28. The van der Waals surface area contributed by atoms with Gasteiger partial charge in [-0.3, -0.25) is 9.48 Å². The number of rotatable bonds is 6. The van der Waals surface area contributed by atoms with Gasteiger partial charge in [-0.2, -0.15) is 5.10 Å². The molecule has 5 aromatic rings. The van der Waals surface area contributed by atoms with Gasteiger partial charge in [0.15, 0.2) is 5.82 Å². The van der Waals surface area contributed by atoms with Crippen molar-refractivity contribution in [2.24, 2.45) is 31.7 Å². The Morgan fingerprint density at radius 2 is 1.93 bits per heavy atom. The van der Waals surface area contributed by atoms with Gasteiger partial charge >= 0.3 is 0 Å². The number of carbonyl (C=O) groups excluding carboxylic acids is 1. The van der Waals surface area contributed by atoms with Crippen LogP contribution in [0.25, 0.3) is 44.8 Å². The molecule has 3 fully saturated rings. The first-order chi connectivity index (χ1) is 20.3. The summed E-state index contributed by atoms with van der Waals surface area (Å²) in [5, 5.41) is 5.60. The van der Waals surface area contributed by atoms with Crippen LogP contribution >= 0.6 is 0 Å². The number of ether oxygens (including phenoxy) is 1. The summed E-state index contributed by atoms with van der Waals surface area (Å²) in [6.45, 7) is 3.64. The number of fused-ring (bicyclic) bond motifs is 4. The zero-order chi connectivity index (χ0) is 28.9. The van der Waals surface area contributed by atoms with E-state index in [1.165, 1.54) is 12.8 Å². The molecule has 0 radical (unpaired) electrons. The van der Waals surface area contributed by atoms with Gasteiger partial charge in [-0.1, -0.05) is 0 Å². The predicted molar refractivity (Wildman–Crippen MR) is 161 cm³/mol. The summed E-state index contributed by atoms with van der Waals surface area (Å²) in [5.41, 5.74) is 13.5. The number of aryl methyl sites for hydroxylation is 3. The topological polar surface area (TPSA) is 109 Å². The van der Waals surface area contributed by atoms with Crippen LogP contribution < -0.4 is 10.5 Å². The molecule has 10 heteroatoms. The van der Waals surface area contributed by atoms with Crippen LogP contribution in [0.5, 0.6) is 5.75 Å². The third-order valence-corrected chi connectivity index (χ3v) is 9.72. The molecule has 10 nitrogen and oxygen atoms in total. The molecule has 2 saturated carbocycles. The van der Waals surface area contributed by atoms with E-state index < -0.39 is 0 Å². The number of nitrogens with zero attached hydrogens (tertiary/aromatic N) is 7. The van der Waals surface area contributed by atoms with Gasteiger partial charge in [-0.25, -0.2) is 9.97 Å². The number of nitrogens with two attached hydrogens (primary N) is 1. The summed E-state index contributed by atoms with van der Waals surface area (Å²) in [7, 11) is 5.61. The second kappa shape index (κ2) is 9.16. The SMILES string of the molecule is COc1cc(C(=O)N2CC3CCC2C3N)cc2nc(-c3cc4ccc(-c5cn(C)nc5C)nc4n3CC3CC3)n(C)c12. The van der Waals surface area contributed by atoms with Crippen molar-refractivity contribution >= 4 is 28.0 Å². The number of amides is 1. The molecule has 2 aliphatic carbocycles. The fraction of sp³-hybridized carbons (Fsp3) is 0.438. The second-order valence-corrected chi connectivity index (χ2v) is 12.5. The Morgan fingerprint density at radius 1 is 1.10 bits per heavy atom. The van der Waals surface area contributed by atoms with E-state index in [9.17, 15) is 4.79 Å². The van der Waals surface area contributed by atoms with E-state index in [1.807, 2.05) is 48.9 Å². The van der Waals surface area contributed by atoms with E-state index in [0.29, 0.717) is 23.1 Å². The van der Waals surface area contributed by atoms with E-state index in [1.54, 1.807) is 7.11 Å². The normalized spacial score (nSPS) is 21.7. The number of pyridine rings is 1. The van der Waals surface area contributed by atoms with Crippen molar-refractivity contribution < 1.29 is 9.53 Å². The summed E-state index contributed by atoms with van der Waals surface area (Å²) in [4.78, 5) is 25.9. The molecule has 0 spiro atoms. The molecule has 2 bridgehead atoms. The Labute approximate surface area is 244 Å². The summed E-state index contributed by atoms with van der Waals surface area (Å²) in [6, 6.07) is 10.4. The number of likely N-dealkylation sites (tertiary alicyclic amines) is 1. The maximum absolute atomic E-state index is 13.7.